The molecule has 0 aliphatic carbocycles. The van der Waals surface area contributed by atoms with Gasteiger partial charge in [-0.15, -0.1) is 0 Å². The van der Waals surface area contributed by atoms with Crippen LogP contribution in [0.4, 0.5) is 24.9 Å². The summed E-state index contributed by atoms with van der Waals surface area (Å²) in [5, 5.41) is 2.85. The molecule has 0 radical (unpaired) electrons. The largest absolute Gasteiger partial charge is 0.489 e. The van der Waals surface area contributed by atoms with Gasteiger partial charge < -0.3 is 14.5 Å². The topological polar surface area (TPSA) is 47.3 Å². The summed E-state index contributed by atoms with van der Waals surface area (Å²) in [6, 6.07) is 22.1. The van der Waals surface area contributed by atoms with E-state index in [9.17, 15) is 13.2 Å². The van der Waals surface area contributed by atoms with Crippen molar-refractivity contribution in [3.63, 3.8) is 0 Å². The molecule has 152 valence electrons. The lowest BCUT2D eigenvalue weighted by molar-refractivity contribution is -0.137. The fraction of sp³-hybridized carbons (Fsp3) is 0.0870. The zero-order valence-corrected chi connectivity index (χ0v) is 15.7. The van der Waals surface area contributed by atoms with Gasteiger partial charge in [0.05, 0.1) is 11.8 Å². The summed E-state index contributed by atoms with van der Waals surface area (Å²) in [5.41, 5.74) is 1.61. The third kappa shape index (κ3) is 4.81. The van der Waals surface area contributed by atoms with E-state index in [4.69, 9.17) is 9.15 Å². The summed E-state index contributed by atoms with van der Waals surface area (Å²) in [6.45, 7) is 0.476. The molecule has 1 aromatic heterocycles. The second-order valence-electron chi connectivity index (χ2n) is 6.53. The highest BCUT2D eigenvalue weighted by Gasteiger charge is 2.29. The smallest absolute Gasteiger partial charge is 0.416 e. The molecule has 0 saturated carbocycles. The number of halogens is 3. The summed E-state index contributed by atoms with van der Waals surface area (Å²) in [7, 11) is 0. The first-order chi connectivity index (χ1) is 14.5. The molecular formula is C23H17F3N2O2. The average molecular weight is 410 g/mol. The zero-order chi connectivity index (χ0) is 21.0. The van der Waals surface area contributed by atoms with Crippen LogP contribution in [0.5, 0.6) is 5.75 Å². The Morgan fingerprint density at radius 1 is 0.867 bits per heavy atom. The van der Waals surface area contributed by atoms with Gasteiger partial charge in [0.1, 0.15) is 12.4 Å². The second-order valence-corrected chi connectivity index (χ2v) is 6.53. The average Bonchev–Trinajstić information content (AvgIpc) is 3.21. The summed E-state index contributed by atoms with van der Waals surface area (Å²) in [5.74, 6) is 1.25. The van der Waals surface area contributed by atoms with Crippen LogP contribution in [0.15, 0.2) is 89.5 Å². The molecule has 0 fully saturated rings. The number of anilines is 2. The number of ether oxygens (including phenoxy) is 1. The normalized spacial score (nSPS) is 11.3. The molecule has 0 saturated heterocycles. The first-order valence-corrected chi connectivity index (χ1v) is 9.15. The van der Waals surface area contributed by atoms with E-state index in [0.29, 0.717) is 18.1 Å². The van der Waals surface area contributed by atoms with Crippen molar-refractivity contribution in [2.75, 3.05) is 5.32 Å². The van der Waals surface area contributed by atoms with E-state index < -0.39 is 11.7 Å². The standard InChI is InChI=1S/C23H17F3N2O2/c24-23(25,26)18-8-10-19(11-9-18)28-22-27-14-21(30-22)17-6-12-20(13-7-17)29-15-16-4-2-1-3-5-16/h1-14H,15H2,(H,27,28). The van der Waals surface area contributed by atoms with Gasteiger partial charge >= 0.3 is 6.18 Å². The van der Waals surface area contributed by atoms with Gasteiger partial charge in [-0.3, -0.25) is 0 Å². The van der Waals surface area contributed by atoms with Crippen LogP contribution in [-0.4, -0.2) is 4.98 Å². The van der Waals surface area contributed by atoms with E-state index in [-0.39, 0.29) is 6.01 Å². The Balaban J connectivity index is 1.38. The Morgan fingerprint density at radius 2 is 1.57 bits per heavy atom. The summed E-state index contributed by atoms with van der Waals surface area (Å²) in [6.07, 6.45) is -2.82. The summed E-state index contributed by atoms with van der Waals surface area (Å²) in [4.78, 5) is 4.13. The molecule has 0 amide bonds. The number of hydrogen-bond acceptors (Lipinski definition) is 4. The first kappa shape index (κ1) is 19.6. The minimum Gasteiger partial charge on any atom is -0.489 e. The molecule has 0 aliphatic heterocycles. The van der Waals surface area contributed by atoms with Gasteiger partial charge in [-0.1, -0.05) is 30.3 Å². The second kappa shape index (κ2) is 8.32. The minimum absolute atomic E-state index is 0.189. The Hall–Kier alpha value is -3.74. The minimum atomic E-state index is -4.37. The molecule has 0 bridgehead atoms. The molecule has 0 atom stereocenters. The van der Waals surface area contributed by atoms with Crippen molar-refractivity contribution in [2.45, 2.75) is 12.8 Å². The molecule has 0 aliphatic rings. The van der Waals surface area contributed by atoms with Gasteiger partial charge in [0.2, 0.25) is 0 Å². The van der Waals surface area contributed by atoms with Crippen molar-refractivity contribution in [3.05, 3.63) is 96.2 Å². The van der Waals surface area contributed by atoms with E-state index in [1.54, 1.807) is 6.20 Å². The molecule has 1 heterocycles. The first-order valence-electron chi connectivity index (χ1n) is 9.15. The summed E-state index contributed by atoms with van der Waals surface area (Å²) < 4.78 is 49.3. The van der Waals surface area contributed by atoms with Gasteiger partial charge in [-0.2, -0.15) is 13.2 Å². The maximum absolute atomic E-state index is 12.6. The lowest BCUT2D eigenvalue weighted by atomic mass is 10.2. The van der Waals surface area contributed by atoms with Crippen molar-refractivity contribution in [2.24, 2.45) is 0 Å². The van der Waals surface area contributed by atoms with Crippen LogP contribution in [0, 0.1) is 0 Å². The van der Waals surface area contributed by atoms with Crippen LogP contribution in [0.2, 0.25) is 0 Å². The number of nitrogens with zero attached hydrogens (tertiary/aromatic N) is 1. The Labute approximate surface area is 171 Å². The molecule has 1 N–H and O–H groups in total. The van der Waals surface area contributed by atoms with E-state index in [0.717, 1.165) is 29.0 Å². The fourth-order valence-electron chi connectivity index (χ4n) is 2.79. The van der Waals surface area contributed by atoms with Crippen molar-refractivity contribution in [3.8, 4) is 17.1 Å². The van der Waals surface area contributed by atoms with Gasteiger partial charge in [0.25, 0.3) is 6.01 Å². The van der Waals surface area contributed by atoms with Crippen LogP contribution in [-0.2, 0) is 12.8 Å². The lowest BCUT2D eigenvalue weighted by Crippen LogP contribution is -2.04. The summed E-state index contributed by atoms with van der Waals surface area (Å²) >= 11 is 0. The number of alkyl halides is 3. The Kier molecular flexibility index (Phi) is 5.43. The zero-order valence-electron chi connectivity index (χ0n) is 15.7. The number of rotatable bonds is 6. The van der Waals surface area contributed by atoms with Crippen LogP contribution in [0.3, 0.4) is 0 Å². The third-order valence-corrected chi connectivity index (χ3v) is 4.36. The Bertz CT molecular complexity index is 1090. The Morgan fingerprint density at radius 3 is 2.23 bits per heavy atom. The highest BCUT2D eigenvalue weighted by atomic mass is 19.4. The molecule has 4 rings (SSSR count). The van der Waals surface area contributed by atoms with Gasteiger partial charge in [-0.25, -0.2) is 4.98 Å². The molecule has 7 heteroatoms. The third-order valence-electron chi connectivity index (χ3n) is 4.36. The van der Waals surface area contributed by atoms with Gasteiger partial charge in [0, 0.05) is 11.3 Å². The van der Waals surface area contributed by atoms with Gasteiger partial charge in [-0.05, 0) is 54.1 Å². The van der Waals surface area contributed by atoms with Crippen LogP contribution in [0.1, 0.15) is 11.1 Å². The monoisotopic (exact) mass is 410 g/mol. The highest BCUT2D eigenvalue weighted by molar-refractivity contribution is 5.60. The SMILES string of the molecule is FC(F)(F)c1ccc(Nc2ncc(-c3ccc(OCc4ccccc4)cc3)o2)cc1. The van der Waals surface area contributed by atoms with Crippen molar-refractivity contribution in [1.82, 2.24) is 4.98 Å². The van der Waals surface area contributed by atoms with Gasteiger partial charge in [0.15, 0.2) is 5.76 Å². The maximum Gasteiger partial charge on any atom is 0.416 e. The molecule has 0 unspecified atom stereocenters. The van der Waals surface area contributed by atoms with Crippen LogP contribution in [0.25, 0.3) is 11.3 Å². The van der Waals surface area contributed by atoms with Crippen LogP contribution < -0.4 is 10.1 Å². The van der Waals surface area contributed by atoms with Crippen molar-refractivity contribution < 1.29 is 22.3 Å². The molecule has 4 aromatic rings. The maximum atomic E-state index is 12.6. The predicted octanol–water partition coefficient (Wildman–Crippen LogP) is 6.68. The predicted molar refractivity (Wildman–Crippen MR) is 107 cm³/mol. The van der Waals surface area contributed by atoms with E-state index in [1.165, 1.54) is 12.1 Å². The van der Waals surface area contributed by atoms with Crippen molar-refractivity contribution >= 4 is 11.7 Å². The number of nitrogens with one attached hydrogen (secondary N) is 1. The van der Waals surface area contributed by atoms with Crippen molar-refractivity contribution in [1.29, 1.82) is 0 Å². The van der Waals surface area contributed by atoms with E-state index in [1.807, 2.05) is 54.6 Å². The highest BCUT2D eigenvalue weighted by Crippen LogP contribution is 2.31. The molecule has 3 aromatic carbocycles. The molecule has 4 nitrogen and oxygen atoms in total. The number of oxazole rings is 1. The molecule has 0 spiro atoms. The number of hydrogen-bond donors (Lipinski definition) is 1. The van der Waals surface area contributed by atoms with E-state index >= 15 is 0 Å². The van der Waals surface area contributed by atoms with Crippen LogP contribution >= 0.6 is 0 Å². The number of aromatic nitrogens is 1. The fourth-order valence-corrected chi connectivity index (χ4v) is 2.79. The van der Waals surface area contributed by atoms with E-state index in [2.05, 4.69) is 10.3 Å². The quantitative estimate of drug-likeness (QED) is 0.385. The number of benzene rings is 3. The lowest BCUT2D eigenvalue weighted by Gasteiger charge is -2.07. The molecular weight excluding hydrogens is 393 g/mol. The molecule has 30 heavy (non-hydrogen) atoms.